The summed E-state index contributed by atoms with van der Waals surface area (Å²) in [6, 6.07) is 7.94. The van der Waals surface area contributed by atoms with Crippen LogP contribution in [-0.4, -0.2) is 68.6 Å². The zero-order valence-corrected chi connectivity index (χ0v) is 16.5. The number of hydrogen-bond acceptors (Lipinski definition) is 6. The van der Waals surface area contributed by atoms with Crippen LogP contribution in [0.3, 0.4) is 0 Å². The number of rotatable bonds is 5. The Bertz CT molecular complexity index is 696. The molecule has 1 unspecified atom stereocenters. The molecule has 1 aromatic rings. The lowest BCUT2D eigenvalue weighted by Gasteiger charge is -2.38. The molecule has 1 atom stereocenters. The quantitative estimate of drug-likeness (QED) is 0.657. The number of hydrogen-bond donors (Lipinski definition) is 3. The molecule has 0 bridgehead atoms. The van der Waals surface area contributed by atoms with Crippen LogP contribution >= 0.6 is 0 Å². The summed E-state index contributed by atoms with van der Waals surface area (Å²) in [6.45, 7) is 7.84. The number of imide groups is 1. The van der Waals surface area contributed by atoms with Crippen molar-refractivity contribution in [2.45, 2.75) is 31.7 Å². The lowest BCUT2D eigenvalue weighted by Crippen LogP contribution is -2.48. The van der Waals surface area contributed by atoms with Gasteiger partial charge < -0.3 is 15.5 Å². The molecule has 3 heterocycles. The van der Waals surface area contributed by atoms with Crippen LogP contribution < -0.4 is 20.9 Å². The van der Waals surface area contributed by atoms with Gasteiger partial charge in [-0.3, -0.25) is 19.8 Å². The topological polar surface area (TPSA) is 76.7 Å². The van der Waals surface area contributed by atoms with Gasteiger partial charge in [0.05, 0.1) is 0 Å². The lowest BCUT2D eigenvalue weighted by atomic mass is 9.97. The number of anilines is 2. The van der Waals surface area contributed by atoms with Crippen LogP contribution in [0.4, 0.5) is 11.4 Å². The standard InChI is InChI=1S/C21H31N5O2/c27-20-5-4-19(21(28)24-20)23-17-2-1-3-18(14-17)26-12-10-25(11-13-26)15-16-6-8-22-9-7-16/h1-3,14,16,19,22-23H,4-13,15H2,(H,24,27,28). The first-order valence-corrected chi connectivity index (χ1v) is 10.6. The summed E-state index contributed by atoms with van der Waals surface area (Å²) in [5, 5.41) is 9.14. The smallest absolute Gasteiger partial charge is 0.249 e. The molecule has 0 spiro atoms. The number of carbonyl (C=O) groups is 2. The van der Waals surface area contributed by atoms with Crippen LogP contribution in [0.1, 0.15) is 25.7 Å². The Morgan fingerprint density at radius 1 is 1.04 bits per heavy atom. The van der Waals surface area contributed by atoms with Crippen molar-refractivity contribution in [3.63, 3.8) is 0 Å². The minimum atomic E-state index is -0.338. The van der Waals surface area contributed by atoms with Crippen LogP contribution in [0.25, 0.3) is 0 Å². The highest BCUT2D eigenvalue weighted by Gasteiger charge is 2.26. The van der Waals surface area contributed by atoms with E-state index in [0.717, 1.165) is 50.9 Å². The first kappa shape index (κ1) is 19.2. The summed E-state index contributed by atoms with van der Waals surface area (Å²) in [7, 11) is 0. The van der Waals surface area contributed by atoms with Gasteiger partial charge in [-0.05, 0) is 56.5 Å². The van der Waals surface area contributed by atoms with Crippen molar-refractivity contribution >= 4 is 23.2 Å². The SMILES string of the molecule is O=C1CCC(Nc2cccc(N3CCN(CC4CCNCC4)CC3)c2)C(=O)N1. The zero-order valence-electron chi connectivity index (χ0n) is 16.5. The zero-order chi connectivity index (χ0) is 19.3. The van der Waals surface area contributed by atoms with Crippen LogP contribution in [0, 0.1) is 5.92 Å². The van der Waals surface area contributed by atoms with Gasteiger partial charge in [0.15, 0.2) is 0 Å². The molecule has 2 amide bonds. The summed E-state index contributed by atoms with van der Waals surface area (Å²) in [4.78, 5) is 28.3. The van der Waals surface area contributed by atoms with Crippen LogP contribution in [-0.2, 0) is 9.59 Å². The molecule has 4 rings (SSSR count). The summed E-state index contributed by atoms with van der Waals surface area (Å²) >= 11 is 0. The van der Waals surface area contributed by atoms with Gasteiger partial charge in [0.1, 0.15) is 6.04 Å². The van der Waals surface area contributed by atoms with E-state index in [1.165, 1.54) is 25.1 Å². The van der Waals surface area contributed by atoms with Crippen molar-refractivity contribution in [1.82, 2.24) is 15.5 Å². The van der Waals surface area contributed by atoms with Crippen molar-refractivity contribution < 1.29 is 9.59 Å². The highest BCUT2D eigenvalue weighted by Crippen LogP contribution is 2.23. The predicted molar refractivity (Wildman–Crippen MR) is 110 cm³/mol. The van der Waals surface area contributed by atoms with Gasteiger partial charge in [0, 0.05) is 50.5 Å². The van der Waals surface area contributed by atoms with Gasteiger partial charge in [-0.2, -0.15) is 0 Å². The van der Waals surface area contributed by atoms with Gasteiger partial charge in [-0.15, -0.1) is 0 Å². The summed E-state index contributed by atoms with van der Waals surface area (Å²) in [5.74, 6) is 0.432. The van der Waals surface area contributed by atoms with Crippen LogP contribution in [0.2, 0.25) is 0 Å². The van der Waals surface area contributed by atoms with E-state index in [1.54, 1.807) is 0 Å². The van der Waals surface area contributed by atoms with Crippen molar-refractivity contribution in [3.8, 4) is 0 Å². The second kappa shape index (κ2) is 8.92. The molecule has 0 radical (unpaired) electrons. The fraction of sp³-hybridized carbons (Fsp3) is 0.619. The highest BCUT2D eigenvalue weighted by molar-refractivity contribution is 6.01. The maximum absolute atomic E-state index is 12.0. The molecule has 0 aliphatic carbocycles. The molecule has 3 N–H and O–H groups in total. The van der Waals surface area contributed by atoms with Gasteiger partial charge in [0.2, 0.25) is 11.8 Å². The second-order valence-corrected chi connectivity index (χ2v) is 8.18. The van der Waals surface area contributed by atoms with E-state index < -0.39 is 0 Å². The van der Waals surface area contributed by atoms with Crippen molar-refractivity contribution in [3.05, 3.63) is 24.3 Å². The second-order valence-electron chi connectivity index (χ2n) is 8.18. The molecule has 7 nitrogen and oxygen atoms in total. The van der Waals surface area contributed by atoms with Crippen LogP contribution in [0.5, 0.6) is 0 Å². The van der Waals surface area contributed by atoms with E-state index in [1.807, 2.05) is 12.1 Å². The van der Waals surface area contributed by atoms with E-state index in [4.69, 9.17) is 0 Å². The molecule has 28 heavy (non-hydrogen) atoms. The molecule has 0 saturated carbocycles. The first-order chi connectivity index (χ1) is 13.7. The minimum absolute atomic E-state index is 0.181. The Labute approximate surface area is 166 Å². The molecule has 3 fully saturated rings. The Hall–Kier alpha value is -2.12. The number of piperidine rings is 2. The Kier molecular flexibility index (Phi) is 6.12. The van der Waals surface area contributed by atoms with E-state index in [0.29, 0.717) is 12.8 Å². The predicted octanol–water partition coefficient (Wildman–Crippen LogP) is 1.03. The maximum atomic E-state index is 12.0. The number of nitrogens with zero attached hydrogens (tertiary/aromatic N) is 2. The van der Waals surface area contributed by atoms with Gasteiger partial charge in [-0.25, -0.2) is 0 Å². The maximum Gasteiger partial charge on any atom is 0.249 e. The summed E-state index contributed by atoms with van der Waals surface area (Å²) in [6.07, 6.45) is 3.54. The Morgan fingerprint density at radius 2 is 1.82 bits per heavy atom. The lowest BCUT2D eigenvalue weighted by molar-refractivity contribution is -0.133. The molecule has 3 aliphatic rings. The van der Waals surface area contributed by atoms with E-state index >= 15 is 0 Å². The average Bonchev–Trinajstić information content (AvgIpc) is 2.72. The van der Waals surface area contributed by atoms with Gasteiger partial charge in [-0.1, -0.05) is 6.07 Å². The molecule has 3 saturated heterocycles. The molecule has 152 valence electrons. The van der Waals surface area contributed by atoms with E-state index in [9.17, 15) is 9.59 Å². The number of piperazine rings is 1. The molecular weight excluding hydrogens is 354 g/mol. The molecular formula is C21H31N5O2. The normalized spacial score (nSPS) is 24.9. The fourth-order valence-corrected chi connectivity index (χ4v) is 4.44. The molecule has 7 heteroatoms. The van der Waals surface area contributed by atoms with Gasteiger partial charge in [0.25, 0.3) is 0 Å². The average molecular weight is 386 g/mol. The van der Waals surface area contributed by atoms with E-state index in [-0.39, 0.29) is 17.9 Å². The van der Waals surface area contributed by atoms with Crippen molar-refractivity contribution in [2.24, 2.45) is 5.92 Å². The third kappa shape index (κ3) is 4.83. The van der Waals surface area contributed by atoms with Crippen molar-refractivity contribution in [2.75, 3.05) is 56.0 Å². The Morgan fingerprint density at radius 3 is 2.57 bits per heavy atom. The number of amides is 2. The highest BCUT2D eigenvalue weighted by atomic mass is 16.2. The molecule has 3 aliphatic heterocycles. The summed E-state index contributed by atoms with van der Waals surface area (Å²) < 4.78 is 0. The number of nitrogens with one attached hydrogen (secondary N) is 3. The molecule has 0 aromatic heterocycles. The fourth-order valence-electron chi connectivity index (χ4n) is 4.44. The summed E-state index contributed by atoms with van der Waals surface area (Å²) in [5.41, 5.74) is 2.13. The number of benzene rings is 1. The first-order valence-electron chi connectivity index (χ1n) is 10.6. The monoisotopic (exact) mass is 385 g/mol. The van der Waals surface area contributed by atoms with E-state index in [2.05, 4.69) is 37.9 Å². The largest absolute Gasteiger partial charge is 0.374 e. The third-order valence-electron chi connectivity index (χ3n) is 6.14. The molecule has 1 aromatic carbocycles. The van der Waals surface area contributed by atoms with Crippen LogP contribution in [0.15, 0.2) is 24.3 Å². The van der Waals surface area contributed by atoms with Crippen molar-refractivity contribution in [1.29, 1.82) is 0 Å². The third-order valence-corrected chi connectivity index (χ3v) is 6.14. The van der Waals surface area contributed by atoms with Gasteiger partial charge >= 0.3 is 0 Å². The minimum Gasteiger partial charge on any atom is -0.374 e. The Balaban J connectivity index is 1.30. The number of carbonyl (C=O) groups excluding carboxylic acids is 2.